The molecule has 188 valence electrons. The number of nitrogens with zero attached hydrogens (tertiary/aromatic N) is 3. The van der Waals surface area contributed by atoms with Gasteiger partial charge in [0, 0.05) is 37.0 Å². The minimum atomic E-state index is -3.68. The quantitative estimate of drug-likeness (QED) is 0.272. The summed E-state index contributed by atoms with van der Waals surface area (Å²) in [6.07, 6.45) is 3.15. The molecule has 0 saturated carbocycles. The molecule has 36 heavy (non-hydrogen) atoms. The first-order chi connectivity index (χ1) is 17.2. The normalized spacial score (nSPS) is 11.8. The highest BCUT2D eigenvalue weighted by Gasteiger charge is 2.23. The average Bonchev–Trinajstić information content (AvgIpc) is 3.52. The van der Waals surface area contributed by atoms with Gasteiger partial charge in [-0.3, -0.25) is 9.59 Å². The van der Waals surface area contributed by atoms with Crippen LogP contribution in [0.2, 0.25) is 0 Å². The Morgan fingerprint density at radius 3 is 2.58 bits per heavy atom. The zero-order valence-corrected chi connectivity index (χ0v) is 21.7. The minimum Gasteiger partial charge on any atom is -0.464 e. The van der Waals surface area contributed by atoms with Crippen molar-refractivity contribution in [2.45, 2.75) is 19.4 Å². The van der Waals surface area contributed by atoms with Gasteiger partial charge >= 0.3 is 0 Å². The summed E-state index contributed by atoms with van der Waals surface area (Å²) in [4.78, 5) is 32.0. The van der Waals surface area contributed by atoms with Crippen molar-refractivity contribution in [3.05, 3.63) is 88.1 Å². The maximum absolute atomic E-state index is 13.5. The summed E-state index contributed by atoms with van der Waals surface area (Å²) in [5.74, 6) is -1.36. The van der Waals surface area contributed by atoms with E-state index in [1.165, 1.54) is 31.0 Å². The molecule has 10 heteroatoms. The molecule has 8 nitrogen and oxygen atoms in total. The highest BCUT2D eigenvalue weighted by atomic mass is 32.2. The molecule has 4 aromatic rings. The molecular weight excluding hydrogens is 498 g/mol. The highest BCUT2D eigenvalue weighted by Crippen LogP contribution is 2.21. The molecule has 4 rings (SSSR count). The first-order valence-corrected chi connectivity index (χ1v) is 13.9. The lowest BCUT2D eigenvalue weighted by Crippen LogP contribution is -2.32. The molecule has 0 aliphatic rings. The van der Waals surface area contributed by atoms with Crippen molar-refractivity contribution in [3.8, 4) is 0 Å². The van der Waals surface area contributed by atoms with Crippen molar-refractivity contribution in [1.29, 1.82) is 0 Å². The maximum atomic E-state index is 13.5. The highest BCUT2D eigenvalue weighted by molar-refractivity contribution is 7.89. The summed E-state index contributed by atoms with van der Waals surface area (Å²) < 4.78 is 30.6. The molecule has 0 aliphatic heterocycles. The molecule has 0 atom stereocenters. The largest absolute Gasteiger partial charge is 0.464 e. The van der Waals surface area contributed by atoms with Crippen LogP contribution in [0.5, 0.6) is 0 Å². The number of Topliss-reactive ketones (excluding diaryl/α,β-unsaturated/α-hetero) is 1. The van der Waals surface area contributed by atoms with Gasteiger partial charge in [0.15, 0.2) is 5.78 Å². The molecule has 0 aliphatic carbocycles. The summed E-state index contributed by atoms with van der Waals surface area (Å²) in [6, 6.07) is 17.2. The van der Waals surface area contributed by atoms with Crippen LogP contribution in [0.1, 0.15) is 37.8 Å². The van der Waals surface area contributed by atoms with Gasteiger partial charge in [-0.1, -0.05) is 30.3 Å². The van der Waals surface area contributed by atoms with E-state index >= 15 is 0 Å². The van der Waals surface area contributed by atoms with Crippen LogP contribution in [0.4, 0.5) is 0 Å². The number of furan rings is 1. The van der Waals surface area contributed by atoms with Crippen LogP contribution >= 0.6 is 11.3 Å². The van der Waals surface area contributed by atoms with E-state index in [1.54, 1.807) is 34.7 Å². The number of rotatable bonds is 11. The first-order valence-electron chi connectivity index (χ1n) is 11.4. The number of ketones is 1. The Morgan fingerprint density at radius 1 is 1.06 bits per heavy atom. The number of benzene rings is 2. The summed E-state index contributed by atoms with van der Waals surface area (Å²) in [5, 5.41) is 2.96. The maximum Gasteiger partial charge on any atom is 0.254 e. The predicted octanol–water partition coefficient (Wildman–Crippen LogP) is 4.24. The molecule has 0 unspecified atom stereocenters. The van der Waals surface area contributed by atoms with Crippen LogP contribution < -0.4 is 0 Å². The van der Waals surface area contributed by atoms with Crippen molar-refractivity contribution < 1.29 is 22.4 Å². The molecule has 1 amide bonds. The van der Waals surface area contributed by atoms with Crippen LogP contribution in [0.15, 0.2) is 70.7 Å². The number of aryl methyl sites for hydroxylation is 1. The Morgan fingerprint density at radius 2 is 1.83 bits per heavy atom. The molecule has 0 bridgehead atoms. The third-order valence-electron chi connectivity index (χ3n) is 5.76. The monoisotopic (exact) mass is 525 g/mol. The molecule has 0 fully saturated rings. The number of carbonyl (C=O) groups excluding carboxylic acids is 2. The predicted molar refractivity (Wildman–Crippen MR) is 140 cm³/mol. The smallest absolute Gasteiger partial charge is 0.254 e. The topological polar surface area (TPSA) is 101 Å². The molecule has 2 aromatic heterocycles. The molecule has 0 saturated heterocycles. The first kappa shape index (κ1) is 25.7. The molecule has 0 radical (unpaired) electrons. The molecule has 2 aromatic carbocycles. The fourth-order valence-electron chi connectivity index (χ4n) is 3.70. The Kier molecular flexibility index (Phi) is 7.97. The summed E-state index contributed by atoms with van der Waals surface area (Å²) in [7, 11) is -0.916. The lowest BCUT2D eigenvalue weighted by atomic mass is 10.1. The third-order valence-corrected chi connectivity index (χ3v) is 8.33. The Balaban J connectivity index is 1.51. The van der Waals surface area contributed by atoms with Crippen molar-refractivity contribution in [2.75, 3.05) is 26.4 Å². The van der Waals surface area contributed by atoms with Crippen LogP contribution in [0, 0.1) is 0 Å². The zero-order chi connectivity index (χ0) is 25.7. The van der Waals surface area contributed by atoms with Crippen LogP contribution in [-0.2, 0) is 23.0 Å². The van der Waals surface area contributed by atoms with Gasteiger partial charge < -0.3 is 9.32 Å². The Labute approximate surface area is 214 Å². The Hall–Kier alpha value is -3.34. The lowest BCUT2D eigenvalue weighted by Gasteiger charge is -2.22. The summed E-state index contributed by atoms with van der Waals surface area (Å²) in [6.45, 7) is 0.713. The van der Waals surface area contributed by atoms with E-state index in [1.807, 2.05) is 24.3 Å². The Bertz CT molecular complexity index is 1460. The van der Waals surface area contributed by atoms with E-state index in [0.717, 1.165) is 22.5 Å². The van der Waals surface area contributed by atoms with Crippen molar-refractivity contribution in [1.82, 2.24) is 14.2 Å². The number of aromatic nitrogens is 1. The number of carbonyl (C=O) groups is 2. The van der Waals surface area contributed by atoms with Gasteiger partial charge in [0.2, 0.25) is 10.0 Å². The van der Waals surface area contributed by atoms with Gasteiger partial charge in [-0.15, -0.1) is 11.3 Å². The molecule has 2 heterocycles. The van der Waals surface area contributed by atoms with Crippen molar-refractivity contribution in [2.24, 2.45) is 0 Å². The average molecular weight is 526 g/mol. The van der Waals surface area contributed by atoms with E-state index in [-0.39, 0.29) is 18.1 Å². The second-order valence-corrected chi connectivity index (χ2v) is 11.7. The number of thiazole rings is 1. The van der Waals surface area contributed by atoms with Gasteiger partial charge in [-0.25, -0.2) is 17.7 Å². The molecule has 0 N–H and O–H groups in total. The van der Waals surface area contributed by atoms with Crippen molar-refractivity contribution >= 4 is 44.0 Å². The van der Waals surface area contributed by atoms with Crippen LogP contribution in [0.3, 0.4) is 0 Å². The second kappa shape index (κ2) is 11.2. The van der Waals surface area contributed by atoms with E-state index in [0.29, 0.717) is 22.7 Å². The zero-order valence-electron chi connectivity index (χ0n) is 20.1. The molecular formula is C26H27N3O5S2. The fourth-order valence-corrected chi connectivity index (χ4v) is 5.25. The van der Waals surface area contributed by atoms with Crippen molar-refractivity contribution in [3.63, 3.8) is 0 Å². The van der Waals surface area contributed by atoms with Crippen LogP contribution in [-0.4, -0.2) is 60.7 Å². The van der Waals surface area contributed by atoms with Gasteiger partial charge in [0.25, 0.3) is 5.91 Å². The van der Waals surface area contributed by atoms with Gasteiger partial charge in [0.1, 0.15) is 22.0 Å². The van der Waals surface area contributed by atoms with Gasteiger partial charge in [-0.05, 0) is 42.7 Å². The summed E-state index contributed by atoms with van der Waals surface area (Å²) in [5.41, 5.74) is 2.53. The van der Waals surface area contributed by atoms with Gasteiger partial charge in [0.05, 0.1) is 12.8 Å². The third kappa shape index (κ3) is 6.26. The number of hydrogen-bond donors (Lipinski definition) is 0. The summed E-state index contributed by atoms with van der Waals surface area (Å²) >= 11 is 1.24. The lowest BCUT2D eigenvalue weighted by molar-refractivity contribution is 0.0741. The van der Waals surface area contributed by atoms with Gasteiger partial charge in [-0.2, -0.15) is 0 Å². The number of fused-ring (bicyclic) bond motifs is 1. The minimum absolute atomic E-state index is 0.0944. The van der Waals surface area contributed by atoms with Crippen LogP contribution in [0.25, 0.3) is 11.0 Å². The van der Waals surface area contributed by atoms with E-state index < -0.39 is 21.6 Å². The standard InChI is InChI=1S/C26H27N3O5S2/c1-28(2)36(32,33)18-23(30)22-17-35-25(27-22)16-29(13-6-9-19-7-4-3-5-8-19)26(31)21-10-11-24-20(15-21)12-14-34-24/h3-5,7-8,10-12,14-15,17H,6,9,13,16,18H2,1-2H3. The van der Waals surface area contributed by atoms with E-state index in [4.69, 9.17) is 4.42 Å². The number of amides is 1. The molecule has 0 spiro atoms. The SMILES string of the molecule is CN(C)S(=O)(=O)CC(=O)c1csc(CN(CCCc2ccccc2)C(=O)c2ccc3occc3c2)n1. The second-order valence-electron chi connectivity index (χ2n) is 8.58. The number of sulfonamides is 1. The fraction of sp³-hybridized carbons (Fsp3) is 0.269. The van der Waals surface area contributed by atoms with E-state index in [2.05, 4.69) is 17.1 Å². The number of hydrogen-bond acceptors (Lipinski definition) is 7. The van der Waals surface area contributed by atoms with E-state index in [9.17, 15) is 18.0 Å².